The van der Waals surface area contributed by atoms with Crippen LogP contribution in [0.2, 0.25) is 0 Å². The highest BCUT2D eigenvalue weighted by Gasteiger charge is 2.20. The minimum atomic E-state index is -1.26. The van der Waals surface area contributed by atoms with Gasteiger partial charge in [0.2, 0.25) is 0 Å². The summed E-state index contributed by atoms with van der Waals surface area (Å²) in [5, 5.41) is 21.1. The molecule has 0 saturated heterocycles. The lowest BCUT2D eigenvalue weighted by Gasteiger charge is -2.15. The Morgan fingerprint density at radius 2 is 1.90 bits per heavy atom. The Morgan fingerprint density at radius 3 is 2.71 bits per heavy atom. The highest BCUT2D eigenvalue weighted by atomic mass is 79.9. The molecule has 1 aromatic heterocycles. The fourth-order valence-electron chi connectivity index (χ4n) is 2.24. The number of hydrogen-bond donors (Lipinski definition) is 2. The second-order valence-electron chi connectivity index (χ2n) is 4.65. The maximum Gasteiger partial charge on any atom is 0.135 e. The highest BCUT2D eigenvalue weighted by molar-refractivity contribution is 9.10. The Morgan fingerprint density at radius 1 is 1.10 bits per heavy atom. The van der Waals surface area contributed by atoms with Crippen LogP contribution in [0.3, 0.4) is 0 Å². The van der Waals surface area contributed by atoms with E-state index in [1.165, 1.54) is 6.07 Å². The van der Waals surface area contributed by atoms with E-state index in [9.17, 15) is 14.6 Å². The van der Waals surface area contributed by atoms with Gasteiger partial charge in [0.1, 0.15) is 17.7 Å². The summed E-state index contributed by atoms with van der Waals surface area (Å²) in [5.41, 5.74) is 0.861. The van der Waals surface area contributed by atoms with Gasteiger partial charge in [0.15, 0.2) is 0 Å². The number of aromatic nitrogens is 1. The van der Waals surface area contributed by atoms with E-state index in [1.54, 1.807) is 42.6 Å². The lowest BCUT2D eigenvalue weighted by atomic mass is 9.98. The van der Waals surface area contributed by atoms with Crippen LogP contribution < -0.4 is 0 Å². The predicted octanol–water partition coefficient (Wildman–Crippen LogP) is 3.92. The minimum Gasteiger partial charge on any atom is -0.506 e. The fourth-order valence-corrected chi connectivity index (χ4v) is 2.62. The quantitative estimate of drug-likeness (QED) is 0.738. The fraction of sp³-hybridized carbons (Fsp3) is 0.0625. The molecule has 3 rings (SSSR count). The molecule has 1 atom stereocenters. The van der Waals surface area contributed by atoms with Crippen LogP contribution in [-0.2, 0) is 0 Å². The summed E-state index contributed by atoms with van der Waals surface area (Å²) in [6.07, 6.45) is 0.324. The summed E-state index contributed by atoms with van der Waals surface area (Å²) >= 11 is 3.18. The molecule has 2 aromatic carbocycles. The van der Waals surface area contributed by atoms with Gasteiger partial charge in [-0.15, -0.1) is 0 Å². The molecule has 1 unspecified atom stereocenters. The SMILES string of the molecule is Oc1c(Br)cccc1C(O)c1cc2cccnc2cc1F. The van der Waals surface area contributed by atoms with Crippen molar-refractivity contribution in [2.24, 2.45) is 0 Å². The van der Waals surface area contributed by atoms with E-state index in [1.807, 2.05) is 0 Å². The van der Waals surface area contributed by atoms with Gasteiger partial charge < -0.3 is 10.2 Å². The summed E-state index contributed by atoms with van der Waals surface area (Å²) in [6.45, 7) is 0. The maximum atomic E-state index is 14.2. The molecule has 3 nitrogen and oxygen atoms in total. The van der Waals surface area contributed by atoms with Crippen LogP contribution >= 0.6 is 15.9 Å². The third kappa shape index (κ3) is 2.50. The van der Waals surface area contributed by atoms with Gasteiger partial charge >= 0.3 is 0 Å². The molecule has 2 N–H and O–H groups in total. The molecule has 0 fully saturated rings. The summed E-state index contributed by atoms with van der Waals surface area (Å²) in [6, 6.07) is 11.2. The van der Waals surface area contributed by atoms with E-state index in [2.05, 4.69) is 20.9 Å². The summed E-state index contributed by atoms with van der Waals surface area (Å²) in [5.74, 6) is -0.663. The van der Waals surface area contributed by atoms with E-state index < -0.39 is 11.9 Å². The van der Waals surface area contributed by atoms with Crippen LogP contribution in [0.4, 0.5) is 4.39 Å². The van der Waals surface area contributed by atoms with Crippen LogP contribution in [0, 0.1) is 5.82 Å². The predicted molar refractivity (Wildman–Crippen MR) is 81.6 cm³/mol. The number of phenols is 1. The molecule has 0 aliphatic rings. The van der Waals surface area contributed by atoms with Crippen LogP contribution in [0.1, 0.15) is 17.2 Å². The standard InChI is InChI=1S/C16H11BrFNO2/c17-12-5-1-4-10(16(12)21)15(20)11-7-9-3-2-6-19-14(9)8-13(11)18/h1-8,15,20-21H. The van der Waals surface area contributed by atoms with Crippen LogP contribution in [0.5, 0.6) is 5.75 Å². The number of aliphatic hydroxyl groups excluding tert-OH is 1. The molecule has 5 heteroatoms. The molecule has 0 aliphatic heterocycles. The number of nitrogens with zero attached hydrogens (tertiary/aromatic N) is 1. The monoisotopic (exact) mass is 347 g/mol. The van der Waals surface area contributed by atoms with E-state index in [0.29, 0.717) is 9.99 Å². The number of aliphatic hydroxyl groups is 1. The molecule has 21 heavy (non-hydrogen) atoms. The molecule has 0 saturated carbocycles. The normalized spacial score (nSPS) is 12.5. The molecule has 0 radical (unpaired) electrons. The first-order chi connectivity index (χ1) is 10.1. The third-order valence-corrected chi connectivity index (χ3v) is 3.97. The van der Waals surface area contributed by atoms with E-state index in [-0.39, 0.29) is 16.9 Å². The van der Waals surface area contributed by atoms with Crippen molar-refractivity contribution in [1.82, 2.24) is 4.98 Å². The molecule has 1 heterocycles. The van der Waals surface area contributed by atoms with Crippen molar-refractivity contribution in [3.63, 3.8) is 0 Å². The van der Waals surface area contributed by atoms with E-state index >= 15 is 0 Å². The Bertz CT molecular complexity index is 822. The number of halogens is 2. The summed E-state index contributed by atoms with van der Waals surface area (Å²) in [4.78, 5) is 4.07. The molecule has 0 bridgehead atoms. The third-order valence-electron chi connectivity index (χ3n) is 3.33. The Balaban J connectivity index is 2.15. The number of para-hydroxylation sites is 1. The van der Waals surface area contributed by atoms with E-state index in [4.69, 9.17) is 0 Å². The van der Waals surface area contributed by atoms with Crippen molar-refractivity contribution in [3.8, 4) is 5.75 Å². The largest absolute Gasteiger partial charge is 0.506 e. The number of pyridine rings is 1. The molecule has 0 spiro atoms. The smallest absolute Gasteiger partial charge is 0.135 e. The summed E-state index contributed by atoms with van der Waals surface area (Å²) in [7, 11) is 0. The summed E-state index contributed by atoms with van der Waals surface area (Å²) < 4.78 is 14.6. The van der Waals surface area contributed by atoms with Gasteiger partial charge in [-0.2, -0.15) is 0 Å². The molecule has 0 amide bonds. The van der Waals surface area contributed by atoms with Crippen LogP contribution in [0.15, 0.2) is 53.1 Å². The minimum absolute atomic E-state index is 0.101. The van der Waals surface area contributed by atoms with Crippen molar-refractivity contribution in [2.75, 3.05) is 0 Å². The van der Waals surface area contributed by atoms with Gasteiger partial charge in [-0.25, -0.2) is 4.39 Å². The molecular weight excluding hydrogens is 337 g/mol. The molecular formula is C16H11BrFNO2. The zero-order chi connectivity index (χ0) is 15.0. The number of rotatable bonds is 2. The van der Waals surface area contributed by atoms with Gasteiger partial charge in [0.05, 0.1) is 9.99 Å². The number of benzene rings is 2. The zero-order valence-electron chi connectivity index (χ0n) is 10.8. The lowest BCUT2D eigenvalue weighted by Crippen LogP contribution is -2.03. The van der Waals surface area contributed by atoms with Crippen LogP contribution in [0.25, 0.3) is 10.9 Å². The first kappa shape index (κ1) is 14.0. The maximum absolute atomic E-state index is 14.2. The average molecular weight is 348 g/mol. The molecule has 3 aromatic rings. The Hall–Kier alpha value is -1.98. The van der Waals surface area contributed by atoms with E-state index in [0.717, 1.165) is 5.39 Å². The molecule has 106 valence electrons. The second-order valence-corrected chi connectivity index (χ2v) is 5.50. The van der Waals surface area contributed by atoms with Crippen molar-refractivity contribution in [1.29, 1.82) is 0 Å². The molecule has 0 aliphatic carbocycles. The number of hydrogen-bond acceptors (Lipinski definition) is 3. The Labute approximate surface area is 128 Å². The van der Waals surface area contributed by atoms with Gasteiger partial charge in [0, 0.05) is 28.8 Å². The number of aromatic hydroxyl groups is 1. The number of phenolic OH excluding ortho intramolecular Hbond substituents is 1. The van der Waals surface area contributed by atoms with Crippen molar-refractivity contribution >= 4 is 26.8 Å². The van der Waals surface area contributed by atoms with Crippen molar-refractivity contribution in [2.45, 2.75) is 6.10 Å². The second kappa shape index (κ2) is 5.42. The first-order valence-electron chi connectivity index (χ1n) is 6.27. The lowest BCUT2D eigenvalue weighted by molar-refractivity contribution is 0.210. The highest BCUT2D eigenvalue weighted by Crippen LogP contribution is 2.36. The van der Waals surface area contributed by atoms with Crippen molar-refractivity contribution < 1.29 is 14.6 Å². The van der Waals surface area contributed by atoms with Gasteiger partial charge in [0.25, 0.3) is 0 Å². The van der Waals surface area contributed by atoms with Gasteiger partial charge in [-0.3, -0.25) is 4.98 Å². The van der Waals surface area contributed by atoms with Gasteiger partial charge in [-0.05, 0) is 34.1 Å². The number of fused-ring (bicyclic) bond motifs is 1. The van der Waals surface area contributed by atoms with Crippen molar-refractivity contribution in [3.05, 3.63) is 70.1 Å². The Kier molecular flexibility index (Phi) is 3.61. The topological polar surface area (TPSA) is 53.4 Å². The first-order valence-corrected chi connectivity index (χ1v) is 7.07. The van der Waals surface area contributed by atoms with Gasteiger partial charge in [-0.1, -0.05) is 18.2 Å². The average Bonchev–Trinajstić information content (AvgIpc) is 2.48. The zero-order valence-corrected chi connectivity index (χ0v) is 12.4. The van der Waals surface area contributed by atoms with Crippen LogP contribution in [-0.4, -0.2) is 15.2 Å².